The molecule has 0 radical (unpaired) electrons. The van der Waals surface area contributed by atoms with E-state index in [1.165, 1.54) is 0 Å². The van der Waals surface area contributed by atoms with Crippen molar-refractivity contribution in [3.63, 3.8) is 0 Å². The number of halogens is 1. The quantitative estimate of drug-likeness (QED) is 0.818. The first-order valence-corrected chi connectivity index (χ1v) is 4.98. The molecule has 0 amide bonds. The van der Waals surface area contributed by atoms with Crippen LogP contribution in [0.25, 0.3) is 0 Å². The fourth-order valence-corrected chi connectivity index (χ4v) is 2.24. The summed E-state index contributed by atoms with van der Waals surface area (Å²) in [4.78, 5) is 10.9. The Labute approximate surface area is 86.3 Å². The van der Waals surface area contributed by atoms with Crippen molar-refractivity contribution in [2.45, 2.75) is 26.2 Å². The summed E-state index contributed by atoms with van der Waals surface area (Å²) in [5.74, 6) is 0.431. The van der Waals surface area contributed by atoms with Gasteiger partial charge in [0.2, 0.25) is 0 Å². The topological polar surface area (TPSA) is 34.9 Å². The Morgan fingerprint density at radius 2 is 2.38 bits per heavy atom. The molecule has 72 valence electrons. The molecule has 1 aromatic rings. The summed E-state index contributed by atoms with van der Waals surface area (Å²) in [6.45, 7) is 3.64. The number of hydrogen-bond acceptors (Lipinski definition) is 2. The lowest BCUT2D eigenvalue weighted by Gasteiger charge is -2.10. The van der Waals surface area contributed by atoms with Crippen molar-refractivity contribution in [2.24, 2.45) is 7.05 Å². The second-order valence-corrected chi connectivity index (χ2v) is 4.16. The van der Waals surface area contributed by atoms with Gasteiger partial charge in [0.05, 0.1) is 16.4 Å². The largest absolute Gasteiger partial charge is 0.300 e. The molecule has 0 aliphatic heterocycles. The summed E-state index contributed by atoms with van der Waals surface area (Å²) < 4.78 is 2.78. The third-order valence-electron chi connectivity index (χ3n) is 2.00. The molecule has 1 aromatic heterocycles. The highest BCUT2D eigenvalue weighted by molar-refractivity contribution is 9.10. The smallest absolute Gasteiger partial charge is 0.130 e. The van der Waals surface area contributed by atoms with Crippen molar-refractivity contribution in [2.75, 3.05) is 0 Å². The van der Waals surface area contributed by atoms with Gasteiger partial charge in [0.15, 0.2) is 0 Å². The van der Waals surface area contributed by atoms with Crippen LogP contribution in [0.2, 0.25) is 0 Å². The average molecular weight is 245 g/mol. The second-order valence-electron chi connectivity index (χ2n) is 3.31. The number of hydrogen-bond donors (Lipinski definition) is 0. The van der Waals surface area contributed by atoms with Crippen molar-refractivity contribution >= 4 is 21.7 Å². The van der Waals surface area contributed by atoms with E-state index < -0.39 is 0 Å². The maximum Gasteiger partial charge on any atom is 0.130 e. The van der Waals surface area contributed by atoms with Crippen LogP contribution in [-0.4, -0.2) is 15.6 Å². The zero-order valence-electron chi connectivity index (χ0n) is 8.04. The first-order chi connectivity index (χ1) is 6.02. The maximum atomic E-state index is 10.9. The number of ketones is 1. The first kappa shape index (κ1) is 10.4. The molecular formula is C9H13BrN2O. The molecule has 3 nitrogen and oxygen atoms in total. The molecule has 1 heterocycles. The minimum absolute atomic E-state index is 0.209. The van der Waals surface area contributed by atoms with Crippen molar-refractivity contribution in [3.8, 4) is 0 Å². The second kappa shape index (κ2) is 4.05. The van der Waals surface area contributed by atoms with Crippen LogP contribution in [0, 0.1) is 0 Å². The Bertz CT molecular complexity index is 300. The molecular weight excluding hydrogens is 232 g/mol. The molecule has 0 saturated carbocycles. The lowest BCUT2D eigenvalue weighted by Crippen LogP contribution is -2.06. The van der Waals surface area contributed by atoms with Crippen LogP contribution in [0.3, 0.4) is 0 Å². The summed E-state index contributed by atoms with van der Waals surface area (Å²) in [6, 6.07) is 0. The Morgan fingerprint density at radius 3 is 2.77 bits per heavy atom. The van der Waals surface area contributed by atoms with Crippen LogP contribution >= 0.6 is 15.9 Å². The Morgan fingerprint density at radius 1 is 1.77 bits per heavy atom. The third-order valence-corrected chi connectivity index (χ3v) is 2.61. The highest BCUT2D eigenvalue weighted by Gasteiger charge is 2.15. The molecule has 0 aromatic carbocycles. The summed E-state index contributed by atoms with van der Waals surface area (Å²) in [6.07, 6.45) is 2.32. The summed E-state index contributed by atoms with van der Waals surface area (Å²) in [5, 5.41) is 4.10. The number of aryl methyl sites for hydroxylation is 1. The van der Waals surface area contributed by atoms with Gasteiger partial charge in [-0.1, -0.05) is 6.92 Å². The zero-order chi connectivity index (χ0) is 10.0. The van der Waals surface area contributed by atoms with E-state index in [1.807, 2.05) is 14.0 Å². The predicted octanol–water partition coefficient (Wildman–Crippen LogP) is 2.27. The number of aromatic nitrogens is 2. The molecule has 13 heavy (non-hydrogen) atoms. The average Bonchev–Trinajstić information content (AvgIpc) is 2.29. The third kappa shape index (κ3) is 2.40. The van der Waals surface area contributed by atoms with Crippen molar-refractivity contribution in [1.82, 2.24) is 9.78 Å². The highest BCUT2D eigenvalue weighted by Crippen LogP contribution is 2.26. The first-order valence-electron chi connectivity index (χ1n) is 4.19. The van der Waals surface area contributed by atoms with Gasteiger partial charge in [-0.2, -0.15) is 5.10 Å². The lowest BCUT2D eigenvalue weighted by molar-refractivity contribution is -0.117. The number of carbonyl (C=O) groups is 1. The molecule has 0 bridgehead atoms. The van der Waals surface area contributed by atoms with E-state index in [1.54, 1.807) is 17.8 Å². The fraction of sp³-hybridized carbons (Fsp3) is 0.556. The van der Waals surface area contributed by atoms with Crippen molar-refractivity contribution in [1.29, 1.82) is 0 Å². The number of nitrogens with zero attached hydrogens (tertiary/aromatic N) is 2. The number of Topliss-reactive ketones (excluding diaryl/α,β-unsaturated/α-hetero) is 1. The standard InChI is InChI=1S/C9H13BrN2O/c1-6(4-7(2)13)9-8(10)5-11-12(9)3/h5-6H,4H2,1-3H3. The monoisotopic (exact) mass is 244 g/mol. The van der Waals surface area contributed by atoms with E-state index in [4.69, 9.17) is 0 Å². The number of carbonyl (C=O) groups excluding carboxylic acids is 1. The maximum absolute atomic E-state index is 10.9. The van der Waals surface area contributed by atoms with E-state index in [0.717, 1.165) is 10.2 Å². The lowest BCUT2D eigenvalue weighted by atomic mass is 10.0. The summed E-state index contributed by atoms with van der Waals surface area (Å²) in [7, 11) is 1.89. The van der Waals surface area contributed by atoms with Crippen LogP contribution in [0.15, 0.2) is 10.7 Å². The van der Waals surface area contributed by atoms with Crippen LogP contribution in [0.1, 0.15) is 31.9 Å². The van der Waals surface area contributed by atoms with Gasteiger partial charge in [0.25, 0.3) is 0 Å². The van der Waals surface area contributed by atoms with E-state index in [9.17, 15) is 4.79 Å². The molecule has 1 rings (SSSR count). The van der Waals surface area contributed by atoms with E-state index >= 15 is 0 Å². The Balaban J connectivity index is 2.87. The molecule has 0 aliphatic carbocycles. The zero-order valence-corrected chi connectivity index (χ0v) is 9.63. The minimum Gasteiger partial charge on any atom is -0.300 e. The molecule has 1 unspecified atom stereocenters. The van der Waals surface area contributed by atoms with Crippen molar-refractivity contribution in [3.05, 3.63) is 16.4 Å². The molecule has 0 spiro atoms. The van der Waals surface area contributed by atoms with Crippen LogP contribution in [0.4, 0.5) is 0 Å². The van der Waals surface area contributed by atoms with E-state index in [-0.39, 0.29) is 11.7 Å². The van der Waals surface area contributed by atoms with Gasteiger partial charge in [0, 0.05) is 19.4 Å². The van der Waals surface area contributed by atoms with Crippen molar-refractivity contribution < 1.29 is 4.79 Å². The van der Waals surface area contributed by atoms with Gasteiger partial charge < -0.3 is 4.79 Å². The Kier molecular flexibility index (Phi) is 3.25. The molecule has 0 N–H and O–H groups in total. The van der Waals surface area contributed by atoms with Gasteiger partial charge in [0.1, 0.15) is 5.78 Å². The predicted molar refractivity (Wildman–Crippen MR) is 54.6 cm³/mol. The highest BCUT2D eigenvalue weighted by atomic mass is 79.9. The molecule has 1 atom stereocenters. The number of rotatable bonds is 3. The molecule has 0 aliphatic rings. The van der Waals surface area contributed by atoms with Crippen LogP contribution in [0.5, 0.6) is 0 Å². The van der Waals surface area contributed by atoms with Gasteiger partial charge in [-0.15, -0.1) is 0 Å². The molecule has 0 fully saturated rings. The van der Waals surface area contributed by atoms with E-state index in [2.05, 4.69) is 21.0 Å². The molecule has 0 saturated heterocycles. The van der Waals surface area contributed by atoms with Gasteiger partial charge >= 0.3 is 0 Å². The molecule has 4 heteroatoms. The van der Waals surface area contributed by atoms with Crippen LogP contribution in [-0.2, 0) is 11.8 Å². The fourth-order valence-electron chi connectivity index (χ4n) is 1.50. The van der Waals surface area contributed by atoms with Crippen LogP contribution < -0.4 is 0 Å². The summed E-state index contributed by atoms with van der Waals surface area (Å²) in [5.41, 5.74) is 1.08. The Hall–Kier alpha value is -0.640. The normalized spacial score (nSPS) is 12.9. The van der Waals surface area contributed by atoms with Gasteiger partial charge in [-0.05, 0) is 22.9 Å². The summed E-state index contributed by atoms with van der Waals surface area (Å²) >= 11 is 3.41. The van der Waals surface area contributed by atoms with Gasteiger partial charge in [-0.3, -0.25) is 4.68 Å². The SMILES string of the molecule is CC(=O)CC(C)c1c(Br)cnn1C. The van der Waals surface area contributed by atoms with Gasteiger partial charge in [-0.25, -0.2) is 0 Å². The minimum atomic E-state index is 0.209. The van der Waals surface area contributed by atoms with E-state index in [0.29, 0.717) is 6.42 Å².